The average molecular weight is 379 g/mol. The minimum absolute atomic E-state index is 0.0848. The average Bonchev–Trinajstić information content (AvgIpc) is 3.42. The van der Waals surface area contributed by atoms with Crippen molar-refractivity contribution in [2.24, 2.45) is 0 Å². The molecule has 1 aromatic carbocycles. The number of benzene rings is 1. The molecule has 4 aromatic rings. The number of rotatable bonds is 6. The van der Waals surface area contributed by atoms with Crippen LogP contribution in [-0.4, -0.2) is 19.6 Å². The molecule has 7 nitrogen and oxygen atoms in total. The van der Waals surface area contributed by atoms with Crippen molar-refractivity contribution >= 4 is 16.9 Å². The van der Waals surface area contributed by atoms with Crippen LogP contribution < -0.4 is 15.7 Å². The molecule has 0 bridgehead atoms. The predicted molar refractivity (Wildman–Crippen MR) is 101 cm³/mol. The summed E-state index contributed by atoms with van der Waals surface area (Å²) in [5.41, 5.74) is -0.518. The van der Waals surface area contributed by atoms with Gasteiger partial charge in [-0.3, -0.25) is 4.79 Å². The monoisotopic (exact) mass is 379 g/mol. The van der Waals surface area contributed by atoms with Crippen LogP contribution in [0, 0.1) is 0 Å². The second-order valence-electron chi connectivity index (χ2n) is 6.12. The third-order valence-electron chi connectivity index (χ3n) is 4.43. The van der Waals surface area contributed by atoms with E-state index in [1.807, 2.05) is 0 Å². The molecule has 3 aromatic heterocycles. The zero-order chi connectivity index (χ0) is 19.5. The zero-order valence-corrected chi connectivity index (χ0v) is 15.0. The van der Waals surface area contributed by atoms with E-state index in [-0.39, 0.29) is 18.0 Å². The molecule has 0 saturated carbocycles. The van der Waals surface area contributed by atoms with Crippen LogP contribution in [0.15, 0.2) is 79.1 Å². The minimum atomic E-state index is -0.734. The van der Waals surface area contributed by atoms with Gasteiger partial charge in [-0.25, -0.2) is 4.79 Å². The highest BCUT2D eigenvalue weighted by molar-refractivity contribution is 5.97. The van der Waals surface area contributed by atoms with Gasteiger partial charge in [-0.15, -0.1) is 0 Å². The van der Waals surface area contributed by atoms with Gasteiger partial charge in [0.1, 0.15) is 17.1 Å². The van der Waals surface area contributed by atoms with E-state index in [0.717, 1.165) is 0 Å². The SMILES string of the molecule is COc1cccc2cc(C(=O)NCC(c3ccco3)c3ccco3)c(=O)oc12. The number of amides is 1. The number of nitrogens with one attached hydrogen (secondary N) is 1. The third-order valence-corrected chi connectivity index (χ3v) is 4.43. The van der Waals surface area contributed by atoms with Crippen molar-refractivity contribution in [2.75, 3.05) is 13.7 Å². The fourth-order valence-electron chi connectivity index (χ4n) is 3.05. The molecule has 0 aliphatic rings. The lowest BCUT2D eigenvalue weighted by atomic mass is 10.0. The molecule has 28 heavy (non-hydrogen) atoms. The number of ether oxygens (including phenoxy) is 1. The predicted octanol–water partition coefficient (Wildman–Crippen LogP) is 3.55. The number of methoxy groups -OCH3 is 1. The third kappa shape index (κ3) is 3.29. The van der Waals surface area contributed by atoms with Crippen molar-refractivity contribution in [3.05, 3.63) is 88.6 Å². The van der Waals surface area contributed by atoms with Crippen LogP contribution in [0.5, 0.6) is 5.75 Å². The molecule has 3 heterocycles. The Bertz CT molecular complexity index is 1110. The molecule has 1 N–H and O–H groups in total. The standard InChI is InChI=1S/C21H17NO6/c1-25-18-6-2-5-13-11-14(21(24)28-19(13)18)20(23)22-12-15(16-7-3-9-26-16)17-8-4-10-27-17/h2-11,15H,12H2,1H3,(H,22,23). The first-order valence-corrected chi connectivity index (χ1v) is 8.63. The van der Waals surface area contributed by atoms with E-state index >= 15 is 0 Å². The zero-order valence-electron chi connectivity index (χ0n) is 15.0. The van der Waals surface area contributed by atoms with E-state index in [4.69, 9.17) is 18.0 Å². The summed E-state index contributed by atoms with van der Waals surface area (Å²) >= 11 is 0. The summed E-state index contributed by atoms with van der Waals surface area (Å²) in [5, 5.41) is 3.35. The Morgan fingerprint density at radius 3 is 2.39 bits per heavy atom. The first-order chi connectivity index (χ1) is 13.7. The molecule has 7 heteroatoms. The maximum absolute atomic E-state index is 12.6. The van der Waals surface area contributed by atoms with Crippen LogP contribution in [0.1, 0.15) is 27.8 Å². The number of para-hydroxylation sites is 1. The molecule has 0 spiro atoms. The molecule has 0 fully saturated rings. The van der Waals surface area contributed by atoms with E-state index in [1.54, 1.807) is 55.0 Å². The van der Waals surface area contributed by atoms with Gasteiger partial charge >= 0.3 is 5.63 Å². The van der Waals surface area contributed by atoms with Gasteiger partial charge in [-0.2, -0.15) is 0 Å². The molecule has 0 saturated heterocycles. The van der Waals surface area contributed by atoms with Crippen LogP contribution in [-0.2, 0) is 0 Å². The van der Waals surface area contributed by atoms with Crippen molar-refractivity contribution in [1.29, 1.82) is 0 Å². The van der Waals surface area contributed by atoms with Gasteiger partial charge in [-0.05, 0) is 36.4 Å². The minimum Gasteiger partial charge on any atom is -0.493 e. The highest BCUT2D eigenvalue weighted by Crippen LogP contribution is 2.26. The number of carbonyl (C=O) groups excluding carboxylic acids is 1. The molecule has 1 amide bonds. The highest BCUT2D eigenvalue weighted by atomic mass is 16.5. The van der Waals surface area contributed by atoms with Crippen molar-refractivity contribution < 1.29 is 22.8 Å². The number of carbonyl (C=O) groups is 1. The fraction of sp³-hybridized carbons (Fsp3) is 0.143. The van der Waals surface area contributed by atoms with Gasteiger partial charge in [-0.1, -0.05) is 12.1 Å². The molecule has 0 aliphatic heterocycles. The Hall–Kier alpha value is -3.74. The summed E-state index contributed by atoms with van der Waals surface area (Å²) in [5.74, 6) is 0.858. The van der Waals surface area contributed by atoms with Crippen LogP contribution >= 0.6 is 0 Å². The first-order valence-electron chi connectivity index (χ1n) is 8.63. The Labute approximate surface area is 159 Å². The Morgan fingerprint density at radius 2 is 1.79 bits per heavy atom. The second kappa shape index (κ2) is 7.48. The van der Waals surface area contributed by atoms with Gasteiger partial charge < -0.3 is 23.3 Å². The Balaban J connectivity index is 1.59. The lowest BCUT2D eigenvalue weighted by molar-refractivity contribution is 0.0947. The van der Waals surface area contributed by atoms with E-state index in [0.29, 0.717) is 28.2 Å². The number of fused-ring (bicyclic) bond motifs is 1. The molecular formula is C21H17NO6. The summed E-state index contributed by atoms with van der Waals surface area (Å²) < 4.78 is 21.4. The summed E-state index contributed by atoms with van der Waals surface area (Å²) in [6.45, 7) is 0.190. The topological polar surface area (TPSA) is 94.8 Å². The lowest BCUT2D eigenvalue weighted by Gasteiger charge is -2.13. The van der Waals surface area contributed by atoms with Gasteiger partial charge in [0.05, 0.1) is 25.6 Å². The van der Waals surface area contributed by atoms with Gasteiger partial charge in [0.15, 0.2) is 11.3 Å². The van der Waals surface area contributed by atoms with Crippen LogP contribution in [0.2, 0.25) is 0 Å². The van der Waals surface area contributed by atoms with Crippen molar-refractivity contribution in [3.63, 3.8) is 0 Å². The fourth-order valence-corrected chi connectivity index (χ4v) is 3.05. The summed E-state index contributed by atoms with van der Waals surface area (Å²) in [4.78, 5) is 25.0. The van der Waals surface area contributed by atoms with Gasteiger partial charge in [0, 0.05) is 11.9 Å². The largest absolute Gasteiger partial charge is 0.493 e. The van der Waals surface area contributed by atoms with E-state index in [2.05, 4.69) is 5.32 Å². The van der Waals surface area contributed by atoms with Crippen LogP contribution in [0.3, 0.4) is 0 Å². The molecule has 0 atom stereocenters. The Kier molecular flexibility index (Phi) is 4.72. The van der Waals surface area contributed by atoms with Gasteiger partial charge in [0.2, 0.25) is 0 Å². The molecular weight excluding hydrogens is 362 g/mol. The summed E-state index contributed by atoms with van der Waals surface area (Å²) in [6, 6.07) is 13.8. The molecule has 4 rings (SSSR count). The first kappa shape index (κ1) is 17.7. The number of hydrogen-bond acceptors (Lipinski definition) is 6. The van der Waals surface area contributed by atoms with Crippen molar-refractivity contribution in [2.45, 2.75) is 5.92 Å². The van der Waals surface area contributed by atoms with Crippen LogP contribution in [0.25, 0.3) is 11.0 Å². The maximum atomic E-state index is 12.6. The van der Waals surface area contributed by atoms with E-state index < -0.39 is 11.5 Å². The normalized spacial score (nSPS) is 11.1. The molecule has 0 unspecified atom stereocenters. The lowest BCUT2D eigenvalue weighted by Crippen LogP contribution is -2.32. The number of hydrogen-bond donors (Lipinski definition) is 1. The van der Waals surface area contributed by atoms with E-state index in [9.17, 15) is 9.59 Å². The molecule has 0 radical (unpaired) electrons. The van der Waals surface area contributed by atoms with Crippen molar-refractivity contribution in [1.82, 2.24) is 5.32 Å². The van der Waals surface area contributed by atoms with Gasteiger partial charge in [0.25, 0.3) is 5.91 Å². The summed E-state index contributed by atoms with van der Waals surface area (Å²) in [6.07, 6.45) is 3.11. The van der Waals surface area contributed by atoms with Crippen LogP contribution in [0.4, 0.5) is 0 Å². The highest BCUT2D eigenvalue weighted by Gasteiger charge is 2.22. The van der Waals surface area contributed by atoms with E-state index in [1.165, 1.54) is 13.2 Å². The quantitative estimate of drug-likeness (QED) is 0.515. The smallest absolute Gasteiger partial charge is 0.349 e. The molecule has 0 aliphatic carbocycles. The second-order valence-corrected chi connectivity index (χ2v) is 6.12. The van der Waals surface area contributed by atoms with Crippen molar-refractivity contribution in [3.8, 4) is 5.75 Å². The number of furan rings is 2. The maximum Gasteiger partial charge on any atom is 0.349 e. The summed E-state index contributed by atoms with van der Waals surface area (Å²) in [7, 11) is 1.48. The Morgan fingerprint density at radius 1 is 1.07 bits per heavy atom. The molecule has 142 valence electrons.